The van der Waals surface area contributed by atoms with Crippen molar-refractivity contribution in [1.29, 1.82) is 0 Å². The van der Waals surface area contributed by atoms with Crippen molar-refractivity contribution in [3.05, 3.63) is 54.4 Å². The van der Waals surface area contributed by atoms with Gasteiger partial charge in [-0.25, -0.2) is 4.98 Å². The van der Waals surface area contributed by atoms with Gasteiger partial charge in [0.1, 0.15) is 5.82 Å². The Hall–Kier alpha value is -2.29. The monoisotopic (exact) mass is 251 g/mol. The van der Waals surface area contributed by atoms with Crippen LogP contribution in [0.25, 0.3) is 16.7 Å². The number of nitrogens with two attached hydrogens (primary N) is 1. The first-order chi connectivity index (χ1) is 9.16. The molecule has 3 nitrogen and oxygen atoms in total. The van der Waals surface area contributed by atoms with Gasteiger partial charge in [0.05, 0.1) is 11.0 Å². The molecule has 0 saturated heterocycles. The van der Waals surface area contributed by atoms with Crippen LogP contribution in [0.3, 0.4) is 0 Å². The fourth-order valence-corrected chi connectivity index (χ4v) is 2.35. The molecule has 0 fully saturated rings. The van der Waals surface area contributed by atoms with E-state index in [0.29, 0.717) is 5.92 Å². The van der Waals surface area contributed by atoms with Gasteiger partial charge < -0.3 is 5.73 Å². The third-order valence-electron chi connectivity index (χ3n) is 3.24. The number of aromatic nitrogens is 2. The zero-order chi connectivity index (χ0) is 13.4. The van der Waals surface area contributed by atoms with E-state index in [4.69, 9.17) is 10.7 Å². The van der Waals surface area contributed by atoms with Crippen LogP contribution in [0.15, 0.2) is 48.5 Å². The van der Waals surface area contributed by atoms with Gasteiger partial charge in [-0.15, -0.1) is 0 Å². The highest BCUT2D eigenvalue weighted by atomic mass is 15.1. The SMILES string of the molecule is CC(C)c1nc2cc(N)ccc2n1-c1ccccc1. The molecule has 1 aromatic heterocycles. The van der Waals surface area contributed by atoms with Crippen LogP contribution in [0.5, 0.6) is 0 Å². The summed E-state index contributed by atoms with van der Waals surface area (Å²) in [5, 5.41) is 0. The summed E-state index contributed by atoms with van der Waals surface area (Å²) in [6.07, 6.45) is 0. The maximum Gasteiger partial charge on any atom is 0.117 e. The molecule has 2 N–H and O–H groups in total. The number of imidazole rings is 1. The van der Waals surface area contributed by atoms with Crippen molar-refractivity contribution < 1.29 is 0 Å². The molecule has 0 amide bonds. The Morgan fingerprint density at radius 1 is 1.05 bits per heavy atom. The van der Waals surface area contributed by atoms with E-state index in [0.717, 1.165) is 28.2 Å². The van der Waals surface area contributed by atoms with Gasteiger partial charge in [-0.1, -0.05) is 32.0 Å². The van der Waals surface area contributed by atoms with Gasteiger partial charge in [0, 0.05) is 17.3 Å². The second kappa shape index (κ2) is 4.43. The Morgan fingerprint density at radius 3 is 2.47 bits per heavy atom. The quantitative estimate of drug-likeness (QED) is 0.705. The molecule has 96 valence electrons. The van der Waals surface area contributed by atoms with E-state index in [1.165, 1.54) is 0 Å². The molecule has 0 radical (unpaired) electrons. The highest BCUT2D eigenvalue weighted by Crippen LogP contribution is 2.27. The minimum Gasteiger partial charge on any atom is -0.399 e. The first-order valence-corrected chi connectivity index (χ1v) is 6.50. The van der Waals surface area contributed by atoms with E-state index in [2.05, 4.69) is 30.5 Å². The summed E-state index contributed by atoms with van der Waals surface area (Å²) in [6, 6.07) is 16.2. The molecule has 0 atom stereocenters. The number of rotatable bonds is 2. The van der Waals surface area contributed by atoms with Gasteiger partial charge in [0.25, 0.3) is 0 Å². The van der Waals surface area contributed by atoms with E-state index < -0.39 is 0 Å². The zero-order valence-corrected chi connectivity index (χ0v) is 11.2. The van der Waals surface area contributed by atoms with Gasteiger partial charge in [-0.2, -0.15) is 0 Å². The molecule has 1 heterocycles. The average Bonchev–Trinajstić information content (AvgIpc) is 2.78. The van der Waals surface area contributed by atoms with Crippen LogP contribution in [-0.4, -0.2) is 9.55 Å². The molecule has 0 aliphatic rings. The molecule has 2 aromatic carbocycles. The first kappa shape index (κ1) is 11.8. The Kier molecular flexibility index (Phi) is 2.75. The van der Waals surface area contributed by atoms with Crippen molar-refractivity contribution in [3.8, 4) is 5.69 Å². The van der Waals surface area contributed by atoms with Crippen LogP contribution in [0.2, 0.25) is 0 Å². The van der Waals surface area contributed by atoms with Gasteiger partial charge in [0.2, 0.25) is 0 Å². The van der Waals surface area contributed by atoms with Crippen molar-refractivity contribution in [2.75, 3.05) is 5.73 Å². The largest absolute Gasteiger partial charge is 0.399 e. The van der Waals surface area contributed by atoms with Gasteiger partial charge in [-0.05, 0) is 30.3 Å². The van der Waals surface area contributed by atoms with E-state index in [-0.39, 0.29) is 0 Å². The lowest BCUT2D eigenvalue weighted by molar-refractivity contribution is 0.760. The van der Waals surface area contributed by atoms with Crippen LogP contribution in [0, 0.1) is 0 Å². The Morgan fingerprint density at radius 2 is 1.79 bits per heavy atom. The summed E-state index contributed by atoms with van der Waals surface area (Å²) in [5.41, 5.74) is 9.79. The predicted octanol–water partition coefficient (Wildman–Crippen LogP) is 3.73. The van der Waals surface area contributed by atoms with E-state index in [9.17, 15) is 0 Å². The van der Waals surface area contributed by atoms with Crippen LogP contribution in [-0.2, 0) is 0 Å². The number of nitrogens with zero attached hydrogens (tertiary/aromatic N) is 2. The normalized spacial score (nSPS) is 11.3. The minimum atomic E-state index is 0.355. The lowest BCUT2D eigenvalue weighted by atomic mass is 10.2. The number of nitrogen functional groups attached to an aromatic ring is 1. The summed E-state index contributed by atoms with van der Waals surface area (Å²) < 4.78 is 2.21. The number of hydrogen-bond acceptors (Lipinski definition) is 2. The summed E-state index contributed by atoms with van der Waals surface area (Å²) in [4.78, 5) is 4.73. The van der Waals surface area contributed by atoms with Crippen LogP contribution < -0.4 is 5.73 Å². The second-order valence-electron chi connectivity index (χ2n) is 5.04. The summed E-state index contributed by atoms with van der Waals surface area (Å²) >= 11 is 0. The van der Waals surface area contributed by atoms with E-state index in [1.807, 2.05) is 36.4 Å². The molecule has 0 aliphatic carbocycles. The summed E-state index contributed by atoms with van der Waals surface area (Å²) in [6.45, 7) is 4.31. The van der Waals surface area contributed by atoms with Crippen molar-refractivity contribution in [3.63, 3.8) is 0 Å². The number of hydrogen-bond donors (Lipinski definition) is 1. The Labute approximate surface area is 112 Å². The van der Waals surface area contributed by atoms with Crippen LogP contribution >= 0.6 is 0 Å². The predicted molar refractivity (Wildman–Crippen MR) is 79.6 cm³/mol. The third-order valence-corrected chi connectivity index (χ3v) is 3.24. The van der Waals surface area contributed by atoms with E-state index in [1.54, 1.807) is 0 Å². The Balaban J connectivity index is 2.35. The van der Waals surface area contributed by atoms with Crippen molar-refractivity contribution in [1.82, 2.24) is 9.55 Å². The molecule has 3 heteroatoms. The Bertz CT molecular complexity index is 711. The molecule has 3 rings (SSSR count). The molecule has 0 aliphatic heterocycles. The fraction of sp³-hybridized carbons (Fsp3) is 0.188. The average molecular weight is 251 g/mol. The zero-order valence-electron chi connectivity index (χ0n) is 11.2. The molecule has 0 spiro atoms. The van der Waals surface area contributed by atoms with Crippen molar-refractivity contribution >= 4 is 16.7 Å². The molecular weight excluding hydrogens is 234 g/mol. The van der Waals surface area contributed by atoms with E-state index >= 15 is 0 Å². The summed E-state index contributed by atoms with van der Waals surface area (Å²) in [5.74, 6) is 1.42. The highest BCUT2D eigenvalue weighted by molar-refractivity contribution is 5.81. The van der Waals surface area contributed by atoms with Crippen LogP contribution in [0.1, 0.15) is 25.6 Å². The maximum absolute atomic E-state index is 5.85. The van der Waals surface area contributed by atoms with Gasteiger partial charge in [0.15, 0.2) is 0 Å². The highest BCUT2D eigenvalue weighted by Gasteiger charge is 2.14. The number of fused-ring (bicyclic) bond motifs is 1. The number of anilines is 1. The lowest BCUT2D eigenvalue weighted by Crippen LogP contribution is -2.02. The fourth-order valence-electron chi connectivity index (χ4n) is 2.35. The maximum atomic E-state index is 5.85. The molecule has 19 heavy (non-hydrogen) atoms. The smallest absolute Gasteiger partial charge is 0.117 e. The lowest BCUT2D eigenvalue weighted by Gasteiger charge is -2.11. The number of benzene rings is 2. The van der Waals surface area contributed by atoms with Crippen LogP contribution in [0.4, 0.5) is 5.69 Å². The molecule has 3 aromatic rings. The third kappa shape index (κ3) is 1.97. The standard InChI is InChI=1S/C16H17N3/c1-11(2)16-18-14-10-12(17)8-9-15(14)19(16)13-6-4-3-5-7-13/h3-11H,17H2,1-2H3. The molecule has 0 saturated carbocycles. The minimum absolute atomic E-state index is 0.355. The van der Waals surface area contributed by atoms with Crippen molar-refractivity contribution in [2.24, 2.45) is 0 Å². The summed E-state index contributed by atoms with van der Waals surface area (Å²) in [7, 11) is 0. The second-order valence-corrected chi connectivity index (χ2v) is 5.04. The number of para-hydroxylation sites is 1. The van der Waals surface area contributed by atoms with Gasteiger partial charge >= 0.3 is 0 Å². The van der Waals surface area contributed by atoms with Gasteiger partial charge in [-0.3, -0.25) is 4.57 Å². The van der Waals surface area contributed by atoms with Crippen molar-refractivity contribution in [2.45, 2.75) is 19.8 Å². The molecule has 0 unspecified atom stereocenters. The molecular formula is C16H17N3. The molecule has 0 bridgehead atoms. The first-order valence-electron chi connectivity index (χ1n) is 6.50. The topological polar surface area (TPSA) is 43.8 Å².